The molecule has 0 saturated carbocycles. The smallest absolute Gasteiger partial charge is 0.224 e. The Morgan fingerprint density at radius 3 is 3.00 bits per heavy atom. The Labute approximate surface area is 98.9 Å². The van der Waals surface area contributed by atoms with Crippen LogP contribution >= 0.6 is 0 Å². The predicted octanol–water partition coefficient (Wildman–Crippen LogP) is 1.54. The first-order valence-corrected chi connectivity index (χ1v) is 5.09. The van der Waals surface area contributed by atoms with Crippen LogP contribution in [0.2, 0.25) is 0 Å². The zero-order valence-corrected chi connectivity index (χ0v) is 9.09. The number of nitrogens with one attached hydrogen (secondary N) is 1. The monoisotopic (exact) mass is 225 g/mol. The van der Waals surface area contributed by atoms with E-state index in [1.807, 2.05) is 18.2 Å². The highest BCUT2D eigenvalue weighted by Gasteiger charge is 1.98. The van der Waals surface area contributed by atoms with Crippen LogP contribution in [0.15, 0.2) is 36.5 Å². The highest BCUT2D eigenvalue weighted by molar-refractivity contribution is 5.37. The largest absolute Gasteiger partial charge is 0.384 e. The van der Waals surface area contributed by atoms with Gasteiger partial charge in [-0.25, -0.2) is 4.98 Å². The van der Waals surface area contributed by atoms with Crippen molar-refractivity contribution in [3.8, 4) is 6.07 Å². The van der Waals surface area contributed by atoms with Crippen LogP contribution in [0, 0.1) is 11.3 Å². The van der Waals surface area contributed by atoms with Crippen molar-refractivity contribution in [1.82, 2.24) is 9.97 Å². The highest BCUT2D eigenvalue weighted by atomic mass is 15.1. The summed E-state index contributed by atoms with van der Waals surface area (Å²) in [6, 6.07) is 11.1. The molecule has 0 aliphatic rings. The lowest BCUT2D eigenvalue weighted by Crippen LogP contribution is -2.04. The Morgan fingerprint density at radius 2 is 2.24 bits per heavy atom. The van der Waals surface area contributed by atoms with Gasteiger partial charge in [-0.3, -0.25) is 0 Å². The van der Waals surface area contributed by atoms with Crippen LogP contribution in [-0.4, -0.2) is 9.97 Å². The Bertz CT molecular complexity index is 559. The fourth-order valence-electron chi connectivity index (χ4n) is 1.39. The maximum Gasteiger partial charge on any atom is 0.224 e. The highest BCUT2D eigenvalue weighted by Crippen LogP contribution is 2.07. The summed E-state index contributed by atoms with van der Waals surface area (Å²) in [4.78, 5) is 8.05. The number of nitriles is 1. The van der Waals surface area contributed by atoms with E-state index in [1.165, 1.54) is 0 Å². The topological polar surface area (TPSA) is 87.6 Å². The molecular weight excluding hydrogens is 214 g/mol. The number of nitrogen functional groups attached to an aromatic ring is 1. The zero-order chi connectivity index (χ0) is 12.1. The molecule has 3 N–H and O–H groups in total. The van der Waals surface area contributed by atoms with E-state index in [0.29, 0.717) is 23.9 Å². The van der Waals surface area contributed by atoms with E-state index in [9.17, 15) is 0 Å². The van der Waals surface area contributed by atoms with Crippen LogP contribution in [0.25, 0.3) is 0 Å². The summed E-state index contributed by atoms with van der Waals surface area (Å²) in [6.07, 6.45) is 1.59. The third kappa shape index (κ3) is 2.92. The van der Waals surface area contributed by atoms with Gasteiger partial charge >= 0.3 is 0 Å². The summed E-state index contributed by atoms with van der Waals surface area (Å²) in [5.41, 5.74) is 7.17. The molecule has 1 aromatic heterocycles. The minimum atomic E-state index is 0.424. The first-order valence-electron chi connectivity index (χ1n) is 5.09. The van der Waals surface area contributed by atoms with Gasteiger partial charge < -0.3 is 11.1 Å². The molecule has 84 valence electrons. The number of rotatable bonds is 3. The van der Waals surface area contributed by atoms with Crippen LogP contribution in [0.5, 0.6) is 0 Å². The van der Waals surface area contributed by atoms with E-state index < -0.39 is 0 Å². The van der Waals surface area contributed by atoms with Gasteiger partial charge in [0.05, 0.1) is 11.6 Å². The molecule has 0 atom stereocenters. The molecule has 5 nitrogen and oxygen atoms in total. The Morgan fingerprint density at radius 1 is 1.35 bits per heavy atom. The van der Waals surface area contributed by atoms with Crippen molar-refractivity contribution in [2.45, 2.75) is 6.54 Å². The Kier molecular flexibility index (Phi) is 3.17. The van der Waals surface area contributed by atoms with E-state index in [2.05, 4.69) is 21.4 Å². The average molecular weight is 225 g/mol. The van der Waals surface area contributed by atoms with Crippen molar-refractivity contribution < 1.29 is 0 Å². The molecule has 0 bridgehead atoms. The first kappa shape index (κ1) is 10.9. The quantitative estimate of drug-likeness (QED) is 0.827. The minimum absolute atomic E-state index is 0.424. The predicted molar refractivity (Wildman–Crippen MR) is 64.9 cm³/mol. The number of hydrogen-bond acceptors (Lipinski definition) is 5. The summed E-state index contributed by atoms with van der Waals surface area (Å²) >= 11 is 0. The number of anilines is 2. The third-order valence-electron chi connectivity index (χ3n) is 2.18. The fourth-order valence-corrected chi connectivity index (χ4v) is 1.39. The van der Waals surface area contributed by atoms with Crippen molar-refractivity contribution in [3.05, 3.63) is 47.7 Å². The van der Waals surface area contributed by atoms with Crippen molar-refractivity contribution >= 4 is 11.8 Å². The van der Waals surface area contributed by atoms with E-state index in [0.717, 1.165) is 5.56 Å². The van der Waals surface area contributed by atoms with Crippen LogP contribution in [0.1, 0.15) is 11.1 Å². The molecule has 2 rings (SSSR count). The maximum absolute atomic E-state index is 8.77. The van der Waals surface area contributed by atoms with Gasteiger partial charge in [-0.15, -0.1) is 0 Å². The molecule has 2 aromatic rings. The van der Waals surface area contributed by atoms with Gasteiger partial charge in [0.15, 0.2) is 0 Å². The number of nitrogens with zero attached hydrogens (tertiary/aromatic N) is 3. The molecule has 0 spiro atoms. The van der Waals surface area contributed by atoms with Gasteiger partial charge in [0, 0.05) is 12.7 Å². The molecule has 0 fully saturated rings. The molecule has 0 aliphatic heterocycles. The molecule has 1 heterocycles. The normalized spacial score (nSPS) is 9.59. The van der Waals surface area contributed by atoms with Crippen molar-refractivity contribution in [2.75, 3.05) is 11.1 Å². The second-order valence-electron chi connectivity index (χ2n) is 3.47. The van der Waals surface area contributed by atoms with Crippen LogP contribution in [0.3, 0.4) is 0 Å². The van der Waals surface area contributed by atoms with E-state index in [1.54, 1.807) is 18.3 Å². The maximum atomic E-state index is 8.77. The standard InChI is InChI=1S/C12H11N5/c13-7-9-2-1-3-10(6-9)8-16-12-15-5-4-11(14)17-12/h1-6H,8H2,(H3,14,15,16,17). The summed E-state index contributed by atoms with van der Waals surface area (Å²) in [5, 5.41) is 11.8. The van der Waals surface area contributed by atoms with Gasteiger partial charge in [0.2, 0.25) is 5.95 Å². The summed E-state index contributed by atoms with van der Waals surface area (Å²) in [7, 11) is 0. The van der Waals surface area contributed by atoms with Gasteiger partial charge in [-0.1, -0.05) is 12.1 Å². The van der Waals surface area contributed by atoms with E-state index in [4.69, 9.17) is 11.0 Å². The number of aromatic nitrogens is 2. The number of hydrogen-bond donors (Lipinski definition) is 2. The van der Waals surface area contributed by atoms with Crippen molar-refractivity contribution in [2.24, 2.45) is 0 Å². The lowest BCUT2D eigenvalue weighted by molar-refractivity contribution is 1.06. The van der Waals surface area contributed by atoms with Crippen LogP contribution < -0.4 is 11.1 Å². The first-order chi connectivity index (χ1) is 8.28. The number of benzene rings is 1. The molecule has 1 aromatic carbocycles. The minimum Gasteiger partial charge on any atom is -0.384 e. The summed E-state index contributed by atoms with van der Waals surface area (Å²) in [5.74, 6) is 0.903. The number of nitrogens with two attached hydrogens (primary N) is 1. The van der Waals surface area contributed by atoms with E-state index >= 15 is 0 Å². The molecular formula is C12H11N5. The van der Waals surface area contributed by atoms with Crippen molar-refractivity contribution in [1.29, 1.82) is 5.26 Å². The molecule has 0 saturated heterocycles. The third-order valence-corrected chi connectivity index (χ3v) is 2.18. The average Bonchev–Trinajstić information content (AvgIpc) is 2.37. The van der Waals surface area contributed by atoms with Crippen molar-refractivity contribution in [3.63, 3.8) is 0 Å². The molecule has 0 aliphatic carbocycles. The fraction of sp³-hybridized carbons (Fsp3) is 0.0833. The second kappa shape index (κ2) is 4.94. The molecule has 0 unspecified atom stereocenters. The molecule has 17 heavy (non-hydrogen) atoms. The lowest BCUT2D eigenvalue weighted by atomic mass is 10.1. The molecule has 0 radical (unpaired) electrons. The van der Waals surface area contributed by atoms with Crippen LogP contribution in [-0.2, 0) is 6.54 Å². The summed E-state index contributed by atoms with van der Waals surface area (Å²) in [6.45, 7) is 0.555. The Hall–Kier alpha value is -2.61. The molecule has 5 heteroatoms. The SMILES string of the molecule is N#Cc1cccc(CNc2nccc(N)n2)c1. The summed E-state index contributed by atoms with van der Waals surface area (Å²) < 4.78 is 0. The second-order valence-corrected chi connectivity index (χ2v) is 3.47. The van der Waals surface area contributed by atoms with Gasteiger partial charge in [-0.05, 0) is 23.8 Å². The van der Waals surface area contributed by atoms with Gasteiger partial charge in [-0.2, -0.15) is 10.2 Å². The molecule has 0 amide bonds. The van der Waals surface area contributed by atoms with Gasteiger partial charge in [0.1, 0.15) is 5.82 Å². The van der Waals surface area contributed by atoms with E-state index in [-0.39, 0.29) is 0 Å². The lowest BCUT2D eigenvalue weighted by Gasteiger charge is -2.05. The zero-order valence-electron chi connectivity index (χ0n) is 9.09. The Balaban J connectivity index is 2.05. The van der Waals surface area contributed by atoms with Gasteiger partial charge in [0.25, 0.3) is 0 Å². The van der Waals surface area contributed by atoms with Crippen LogP contribution in [0.4, 0.5) is 11.8 Å².